The largest absolute Gasteiger partial charge is 0.307 e. The van der Waals surface area contributed by atoms with Gasteiger partial charge in [-0.1, -0.05) is 72.8 Å². The topological polar surface area (TPSA) is 132 Å². The second-order valence-corrected chi connectivity index (χ2v) is 17.4. The molecule has 0 bridgehead atoms. The third-order valence-electron chi connectivity index (χ3n) is 7.02. The normalized spacial score (nSPS) is 14.8. The molecule has 43 heavy (non-hydrogen) atoms. The standard InChI is InChI=1S/C31H24O8S4/c32-41(33)30-22-28(20-19-23(30)21-24-11-10-18-29(31(24)41)42(34,35)36)43(37,38)39-40(25-12-4-1-5-13-25,26-14-6-2-7-15-26)27-16-8-3-9-17-27/h1-20,22H,21H2,(H,34,35,36). The van der Waals surface area contributed by atoms with Crippen LogP contribution in [0.1, 0.15) is 11.1 Å². The monoisotopic (exact) mass is 652 g/mol. The second-order valence-electron chi connectivity index (χ2n) is 9.69. The van der Waals surface area contributed by atoms with Crippen molar-refractivity contribution in [1.82, 2.24) is 0 Å². The molecule has 0 fully saturated rings. The molecule has 8 nitrogen and oxygen atoms in total. The first-order valence-electron chi connectivity index (χ1n) is 12.9. The predicted octanol–water partition coefficient (Wildman–Crippen LogP) is 6.27. The van der Waals surface area contributed by atoms with E-state index in [2.05, 4.69) is 0 Å². The highest BCUT2D eigenvalue weighted by molar-refractivity contribution is 8.33. The molecule has 1 N–H and O–H groups in total. The van der Waals surface area contributed by atoms with Gasteiger partial charge in [0, 0.05) is 21.1 Å². The van der Waals surface area contributed by atoms with Crippen molar-refractivity contribution in [2.45, 2.75) is 40.7 Å². The predicted molar refractivity (Wildman–Crippen MR) is 161 cm³/mol. The lowest BCUT2D eigenvalue weighted by atomic mass is 10.0. The summed E-state index contributed by atoms with van der Waals surface area (Å²) in [6.07, 6.45) is 0.0156. The van der Waals surface area contributed by atoms with Crippen LogP contribution in [0.2, 0.25) is 0 Å². The summed E-state index contributed by atoms with van der Waals surface area (Å²) < 4.78 is 96.2. The molecule has 6 rings (SSSR count). The summed E-state index contributed by atoms with van der Waals surface area (Å²) in [6, 6.07) is 34.3. The van der Waals surface area contributed by atoms with E-state index in [0.29, 0.717) is 14.7 Å². The number of sulfone groups is 1. The van der Waals surface area contributed by atoms with Crippen LogP contribution in [0.5, 0.6) is 0 Å². The molecule has 220 valence electrons. The van der Waals surface area contributed by atoms with Gasteiger partial charge in [-0.05, 0) is 76.0 Å². The van der Waals surface area contributed by atoms with Gasteiger partial charge in [-0.15, -0.1) is 0 Å². The number of benzene rings is 5. The summed E-state index contributed by atoms with van der Waals surface area (Å²) in [6.45, 7) is 0. The third kappa shape index (κ3) is 5.09. The molecule has 0 amide bonds. The van der Waals surface area contributed by atoms with Gasteiger partial charge >= 0.3 is 10.1 Å². The Bertz CT molecular complexity index is 2070. The van der Waals surface area contributed by atoms with Gasteiger partial charge in [-0.3, -0.25) is 4.55 Å². The van der Waals surface area contributed by atoms with Crippen molar-refractivity contribution in [3.05, 3.63) is 139 Å². The second kappa shape index (κ2) is 10.7. The Labute approximate surface area is 251 Å². The smallest absolute Gasteiger partial charge is 0.282 e. The molecule has 0 unspecified atom stereocenters. The maximum atomic E-state index is 14.2. The lowest BCUT2D eigenvalue weighted by Gasteiger charge is -2.39. The minimum Gasteiger partial charge on any atom is -0.282 e. The first kappa shape index (κ1) is 29.3. The highest BCUT2D eigenvalue weighted by Gasteiger charge is 2.40. The van der Waals surface area contributed by atoms with Crippen LogP contribution in [-0.2, 0) is 40.1 Å². The Balaban J connectivity index is 1.54. The minimum atomic E-state index is -4.89. The molecule has 5 aromatic rings. The lowest BCUT2D eigenvalue weighted by molar-refractivity contribution is 0.479. The van der Waals surface area contributed by atoms with E-state index in [-0.39, 0.29) is 22.4 Å². The fourth-order valence-electron chi connectivity index (χ4n) is 5.15. The summed E-state index contributed by atoms with van der Waals surface area (Å²) in [5, 5.41) is 0. The highest BCUT2D eigenvalue weighted by Crippen LogP contribution is 2.70. The fourth-order valence-corrected chi connectivity index (χ4v) is 13.6. The van der Waals surface area contributed by atoms with E-state index in [1.54, 1.807) is 72.8 Å². The van der Waals surface area contributed by atoms with Crippen molar-refractivity contribution in [2.75, 3.05) is 0 Å². The van der Waals surface area contributed by atoms with Crippen molar-refractivity contribution in [1.29, 1.82) is 0 Å². The first-order chi connectivity index (χ1) is 20.4. The van der Waals surface area contributed by atoms with Gasteiger partial charge in [0.25, 0.3) is 10.1 Å². The molecule has 1 aliphatic rings. The summed E-state index contributed by atoms with van der Waals surface area (Å²) in [7, 11) is -17.0. The van der Waals surface area contributed by atoms with E-state index in [1.807, 2.05) is 18.2 Å². The van der Waals surface area contributed by atoms with Crippen LogP contribution in [0, 0.1) is 0 Å². The number of hydrogen-bond acceptors (Lipinski definition) is 7. The van der Waals surface area contributed by atoms with Crippen LogP contribution in [0.25, 0.3) is 0 Å². The Hall–Kier alpha value is -3.78. The quantitative estimate of drug-likeness (QED) is 0.200. The van der Waals surface area contributed by atoms with E-state index in [9.17, 15) is 29.8 Å². The van der Waals surface area contributed by atoms with E-state index < -0.39 is 55.1 Å². The van der Waals surface area contributed by atoms with Gasteiger partial charge in [-0.2, -0.15) is 16.8 Å². The Kier molecular flexibility index (Phi) is 7.32. The molecule has 1 aliphatic heterocycles. The van der Waals surface area contributed by atoms with Crippen LogP contribution in [0.15, 0.2) is 162 Å². The van der Waals surface area contributed by atoms with Crippen molar-refractivity contribution in [3.63, 3.8) is 0 Å². The Morgan fingerprint density at radius 1 is 0.581 bits per heavy atom. The number of rotatable bonds is 7. The average molecular weight is 653 g/mol. The van der Waals surface area contributed by atoms with Crippen molar-refractivity contribution >= 4 is 40.4 Å². The van der Waals surface area contributed by atoms with E-state index in [4.69, 9.17) is 3.63 Å². The average Bonchev–Trinajstić information content (AvgIpc) is 3.00. The van der Waals surface area contributed by atoms with Crippen molar-refractivity contribution < 1.29 is 33.4 Å². The maximum absolute atomic E-state index is 14.2. The molecule has 0 aromatic heterocycles. The highest BCUT2D eigenvalue weighted by atomic mass is 32.3. The van der Waals surface area contributed by atoms with E-state index in [0.717, 1.165) is 12.1 Å². The molecular weight excluding hydrogens is 629 g/mol. The molecule has 1 heterocycles. The summed E-state index contributed by atoms with van der Waals surface area (Å²) in [5.41, 5.74) is 0.460. The molecule has 0 spiro atoms. The van der Waals surface area contributed by atoms with Gasteiger partial charge in [0.05, 0.1) is 14.7 Å². The molecule has 0 atom stereocenters. The van der Waals surface area contributed by atoms with Crippen LogP contribution in [-0.4, -0.2) is 29.8 Å². The van der Waals surface area contributed by atoms with Gasteiger partial charge in [-0.25, -0.2) is 12.0 Å². The van der Waals surface area contributed by atoms with Gasteiger partial charge in [0.2, 0.25) is 9.84 Å². The zero-order chi connectivity index (χ0) is 30.5. The lowest BCUT2D eigenvalue weighted by Crippen LogP contribution is -2.20. The van der Waals surface area contributed by atoms with Crippen LogP contribution < -0.4 is 0 Å². The first-order valence-corrected chi connectivity index (χ1v) is 18.8. The van der Waals surface area contributed by atoms with Crippen molar-refractivity contribution in [3.8, 4) is 0 Å². The maximum Gasteiger partial charge on any atom is 0.307 e. The molecule has 0 saturated carbocycles. The van der Waals surface area contributed by atoms with Gasteiger partial charge in [0.15, 0.2) is 0 Å². The molecule has 0 aliphatic carbocycles. The zero-order valence-corrected chi connectivity index (χ0v) is 25.5. The molecule has 12 heteroatoms. The summed E-state index contributed by atoms with van der Waals surface area (Å²) in [4.78, 5) is -0.309. The number of hydrogen-bond donors (Lipinski definition) is 1. The Morgan fingerprint density at radius 2 is 1.09 bits per heavy atom. The molecule has 0 radical (unpaired) electrons. The fraction of sp³-hybridized carbons (Fsp3) is 0.0323. The molecular formula is C31H24O8S4. The van der Waals surface area contributed by atoms with Crippen molar-refractivity contribution in [2.24, 2.45) is 0 Å². The minimum absolute atomic E-state index is 0.0156. The molecule has 0 saturated heterocycles. The zero-order valence-electron chi connectivity index (χ0n) is 22.3. The van der Waals surface area contributed by atoms with Gasteiger partial charge < -0.3 is 0 Å². The van der Waals surface area contributed by atoms with Crippen LogP contribution in [0.3, 0.4) is 0 Å². The van der Waals surface area contributed by atoms with Crippen LogP contribution in [0.4, 0.5) is 0 Å². The number of fused-ring (bicyclic) bond motifs is 2. The third-order valence-corrected chi connectivity index (χ3v) is 15.2. The SMILES string of the molecule is O=S(=O)(O)c1cccc2c1S(=O)(=O)c1cc(S(=O)(=O)OS(c3ccccc3)(c3ccccc3)c3ccccc3)ccc1C2. The molecule has 5 aromatic carbocycles. The van der Waals surface area contributed by atoms with E-state index >= 15 is 0 Å². The Morgan fingerprint density at radius 3 is 1.58 bits per heavy atom. The van der Waals surface area contributed by atoms with E-state index in [1.165, 1.54) is 24.3 Å². The van der Waals surface area contributed by atoms with Crippen LogP contribution >= 0.6 is 10.3 Å². The summed E-state index contributed by atoms with van der Waals surface area (Å²) in [5.74, 6) is 0. The van der Waals surface area contributed by atoms with Gasteiger partial charge in [0.1, 0.15) is 4.90 Å². The summed E-state index contributed by atoms with van der Waals surface area (Å²) >= 11 is 0.